The van der Waals surface area contributed by atoms with Gasteiger partial charge in [-0.1, -0.05) is 64.5 Å². The van der Waals surface area contributed by atoms with E-state index in [0.717, 1.165) is 5.56 Å². The Morgan fingerprint density at radius 2 is 1.82 bits per heavy atom. The first kappa shape index (κ1) is 27.1. The summed E-state index contributed by atoms with van der Waals surface area (Å²) < 4.78 is 6.13. The molecule has 8 nitrogen and oxygen atoms in total. The van der Waals surface area contributed by atoms with E-state index < -0.39 is 17.7 Å². The minimum absolute atomic E-state index is 0.0484. The van der Waals surface area contributed by atoms with Crippen LogP contribution in [0.2, 0.25) is 10.0 Å². The zero-order chi connectivity index (χ0) is 27.5. The van der Waals surface area contributed by atoms with E-state index in [1.54, 1.807) is 48.5 Å². The fraction of sp³-hybridized carbons (Fsp3) is 0.148. The summed E-state index contributed by atoms with van der Waals surface area (Å²) in [6.07, 6.45) is 3.00. The molecule has 0 aliphatic carbocycles. The molecule has 1 saturated heterocycles. The number of hydrogen-bond acceptors (Lipinski definition) is 9. The Morgan fingerprint density at radius 3 is 2.51 bits per heavy atom. The number of aliphatic hydroxyl groups excluding tert-OH is 1. The predicted octanol–water partition coefficient (Wildman–Crippen LogP) is 6.56. The maximum Gasteiger partial charge on any atom is 0.301 e. The summed E-state index contributed by atoms with van der Waals surface area (Å²) in [5, 5.41) is 20.9. The fourth-order valence-corrected chi connectivity index (χ4v) is 6.49. The maximum atomic E-state index is 13.4. The summed E-state index contributed by atoms with van der Waals surface area (Å²) >= 11 is 14.8. The number of pyridine rings is 1. The molecule has 1 N–H and O–H groups in total. The molecule has 0 saturated carbocycles. The number of aromatic nitrogens is 3. The lowest BCUT2D eigenvalue weighted by atomic mass is 9.95. The van der Waals surface area contributed by atoms with Crippen molar-refractivity contribution in [3.63, 3.8) is 0 Å². The van der Waals surface area contributed by atoms with E-state index in [4.69, 9.17) is 27.9 Å². The third-order valence-electron chi connectivity index (χ3n) is 5.87. The number of nitrogens with zero attached hydrogens (tertiary/aromatic N) is 4. The van der Waals surface area contributed by atoms with Crippen LogP contribution in [0.25, 0.3) is 5.76 Å². The van der Waals surface area contributed by atoms with Crippen LogP contribution in [0.3, 0.4) is 0 Å². The van der Waals surface area contributed by atoms with Crippen molar-refractivity contribution >= 4 is 68.9 Å². The molecule has 1 amide bonds. The van der Waals surface area contributed by atoms with Crippen LogP contribution in [0, 0.1) is 0 Å². The van der Waals surface area contributed by atoms with Crippen molar-refractivity contribution in [1.29, 1.82) is 0 Å². The minimum atomic E-state index is -0.926. The quantitative estimate of drug-likeness (QED) is 0.0799. The van der Waals surface area contributed by atoms with Crippen LogP contribution >= 0.6 is 46.3 Å². The first-order valence-corrected chi connectivity index (χ1v) is 14.3. The summed E-state index contributed by atoms with van der Waals surface area (Å²) in [7, 11) is 0. The van der Waals surface area contributed by atoms with E-state index in [1.807, 2.05) is 13.0 Å². The van der Waals surface area contributed by atoms with Crippen LogP contribution in [0.4, 0.5) is 5.13 Å². The van der Waals surface area contributed by atoms with Gasteiger partial charge in [0.1, 0.15) is 11.5 Å². The molecule has 0 radical (unpaired) electrons. The molecular formula is C27H20Cl2N4O4S2. The predicted molar refractivity (Wildman–Crippen MR) is 153 cm³/mol. The molecule has 1 atom stereocenters. The Morgan fingerprint density at radius 1 is 1.08 bits per heavy atom. The molecule has 1 unspecified atom stereocenters. The zero-order valence-electron chi connectivity index (χ0n) is 20.4. The van der Waals surface area contributed by atoms with Crippen LogP contribution in [0.1, 0.15) is 29.7 Å². The van der Waals surface area contributed by atoms with Gasteiger partial charge in [0.05, 0.1) is 18.2 Å². The number of hydrogen-bond donors (Lipinski definition) is 1. The second kappa shape index (κ2) is 11.7. The summed E-state index contributed by atoms with van der Waals surface area (Å²) in [6, 6.07) is 14.5. The summed E-state index contributed by atoms with van der Waals surface area (Å²) in [4.78, 5) is 31.9. The highest BCUT2D eigenvalue weighted by molar-refractivity contribution is 8.00. The van der Waals surface area contributed by atoms with Crippen molar-refractivity contribution in [2.45, 2.75) is 23.1 Å². The zero-order valence-corrected chi connectivity index (χ0v) is 23.5. The van der Waals surface area contributed by atoms with Crippen molar-refractivity contribution in [2.75, 3.05) is 11.5 Å². The molecule has 0 spiro atoms. The number of Topliss-reactive ketones (excluding diaryl/α,β-unsaturated/α-hetero) is 1. The molecule has 198 valence electrons. The molecule has 5 rings (SSSR count). The molecule has 4 aromatic rings. The molecule has 2 aromatic carbocycles. The van der Waals surface area contributed by atoms with Crippen LogP contribution in [-0.2, 0) is 15.3 Å². The Bertz CT molecular complexity index is 1560. The van der Waals surface area contributed by atoms with Gasteiger partial charge < -0.3 is 9.84 Å². The van der Waals surface area contributed by atoms with E-state index in [2.05, 4.69) is 15.2 Å². The van der Waals surface area contributed by atoms with E-state index in [-0.39, 0.29) is 16.5 Å². The third-order valence-corrected chi connectivity index (χ3v) is 8.56. The molecule has 3 heterocycles. The third kappa shape index (κ3) is 5.65. The van der Waals surface area contributed by atoms with Crippen molar-refractivity contribution in [1.82, 2.24) is 15.2 Å². The summed E-state index contributed by atoms with van der Waals surface area (Å²) in [5.74, 6) is -0.775. The molecule has 1 aliphatic heterocycles. The number of ether oxygens (including phenoxy) is 1. The SMILES string of the molecule is CCOc1ccc(C2/C(=C(\O)c3ccncc3)C(=O)C(=O)N2c2nnc(SCc3ccc(Cl)cc3Cl)s2)cc1. The number of anilines is 1. The minimum Gasteiger partial charge on any atom is -0.507 e. The lowest BCUT2D eigenvalue weighted by Gasteiger charge is -2.22. The lowest BCUT2D eigenvalue weighted by molar-refractivity contribution is -0.132. The monoisotopic (exact) mass is 598 g/mol. The van der Waals surface area contributed by atoms with E-state index >= 15 is 0 Å². The Labute approximate surface area is 242 Å². The maximum absolute atomic E-state index is 13.4. The van der Waals surface area contributed by atoms with Gasteiger partial charge in [-0.05, 0) is 54.4 Å². The molecule has 0 bridgehead atoms. The van der Waals surface area contributed by atoms with Crippen molar-refractivity contribution in [3.05, 3.63) is 99.3 Å². The lowest BCUT2D eigenvalue weighted by Crippen LogP contribution is -2.29. The number of benzene rings is 2. The Balaban J connectivity index is 1.52. The first-order chi connectivity index (χ1) is 18.9. The number of amides is 1. The molecule has 12 heteroatoms. The number of carbonyl (C=O) groups excluding carboxylic acids is 2. The van der Waals surface area contributed by atoms with E-state index in [1.165, 1.54) is 40.4 Å². The first-order valence-electron chi connectivity index (χ1n) is 11.7. The van der Waals surface area contributed by atoms with Crippen molar-refractivity contribution in [2.24, 2.45) is 0 Å². The molecule has 2 aromatic heterocycles. The fourth-order valence-electron chi connectivity index (χ4n) is 4.06. The number of thioether (sulfide) groups is 1. The van der Waals surface area contributed by atoms with Crippen molar-refractivity contribution in [3.8, 4) is 5.75 Å². The molecule has 39 heavy (non-hydrogen) atoms. The van der Waals surface area contributed by atoms with Gasteiger partial charge in [0.25, 0.3) is 5.78 Å². The van der Waals surface area contributed by atoms with Crippen LogP contribution in [0.15, 0.2) is 76.9 Å². The second-order valence-electron chi connectivity index (χ2n) is 8.28. The Kier molecular flexibility index (Phi) is 8.18. The largest absolute Gasteiger partial charge is 0.507 e. The molecular weight excluding hydrogens is 579 g/mol. The van der Waals surface area contributed by atoms with Crippen LogP contribution in [-0.4, -0.2) is 38.6 Å². The van der Waals surface area contributed by atoms with Gasteiger partial charge >= 0.3 is 5.91 Å². The van der Waals surface area contributed by atoms with Gasteiger partial charge in [0.2, 0.25) is 5.13 Å². The highest BCUT2D eigenvalue weighted by atomic mass is 35.5. The van der Waals surface area contributed by atoms with Gasteiger partial charge in [-0.15, -0.1) is 10.2 Å². The second-order valence-corrected chi connectivity index (χ2v) is 11.3. The number of ketones is 1. The van der Waals surface area contributed by atoms with E-state index in [0.29, 0.717) is 43.6 Å². The van der Waals surface area contributed by atoms with Gasteiger partial charge in [-0.25, -0.2) is 0 Å². The Hall–Kier alpha value is -3.44. The van der Waals surface area contributed by atoms with Gasteiger partial charge in [0, 0.05) is 33.8 Å². The average molecular weight is 600 g/mol. The average Bonchev–Trinajstić information content (AvgIpc) is 3.51. The number of rotatable bonds is 8. The van der Waals surface area contributed by atoms with Crippen LogP contribution < -0.4 is 9.64 Å². The number of carbonyl (C=O) groups is 2. The smallest absolute Gasteiger partial charge is 0.301 e. The molecule has 1 fully saturated rings. The van der Waals surface area contributed by atoms with Gasteiger partial charge in [-0.2, -0.15) is 0 Å². The van der Waals surface area contributed by atoms with Crippen molar-refractivity contribution < 1.29 is 19.4 Å². The van der Waals surface area contributed by atoms with Gasteiger partial charge in [0.15, 0.2) is 4.34 Å². The van der Waals surface area contributed by atoms with Gasteiger partial charge in [-0.3, -0.25) is 19.5 Å². The number of aliphatic hydroxyl groups is 1. The standard InChI is InChI=1S/C27H20Cl2N4O4S2/c1-2-37-19-7-4-15(5-8-19)22-21(23(34)16-9-11-30-12-10-16)24(35)25(36)33(22)26-31-32-27(39-26)38-14-17-3-6-18(28)13-20(17)29/h3-13,22,34H,2,14H2,1H3/b23-21+. The topological polar surface area (TPSA) is 106 Å². The van der Waals surface area contributed by atoms with Crippen LogP contribution in [0.5, 0.6) is 5.75 Å². The summed E-state index contributed by atoms with van der Waals surface area (Å²) in [5.41, 5.74) is 1.79. The summed E-state index contributed by atoms with van der Waals surface area (Å²) in [6.45, 7) is 2.37. The van der Waals surface area contributed by atoms with E-state index in [9.17, 15) is 14.7 Å². The normalized spacial score (nSPS) is 16.6. The highest BCUT2D eigenvalue weighted by Gasteiger charge is 2.48. The number of halogens is 2. The molecule has 1 aliphatic rings. The highest BCUT2D eigenvalue weighted by Crippen LogP contribution is 2.44.